The predicted octanol–water partition coefficient (Wildman–Crippen LogP) is 1.66. The fourth-order valence-electron chi connectivity index (χ4n) is 3.22. The summed E-state index contributed by atoms with van der Waals surface area (Å²) in [6.07, 6.45) is 3.94. The van der Waals surface area contributed by atoms with Crippen LogP contribution < -0.4 is 10.5 Å². The number of hydrogen-bond donors (Lipinski definition) is 1. The molecular formula is C16H22N2O2. The zero-order chi connectivity index (χ0) is 14.3. The van der Waals surface area contributed by atoms with Crippen molar-refractivity contribution >= 4 is 5.91 Å². The lowest BCUT2D eigenvalue weighted by atomic mass is 9.91. The lowest BCUT2D eigenvalue weighted by Crippen LogP contribution is -2.50. The number of benzene rings is 1. The van der Waals surface area contributed by atoms with E-state index in [0.717, 1.165) is 29.8 Å². The number of likely N-dealkylation sites (N-methyl/N-ethyl adjacent to an activating group) is 1. The van der Waals surface area contributed by atoms with Gasteiger partial charge in [0.05, 0.1) is 7.11 Å². The molecule has 1 fully saturated rings. The maximum Gasteiger partial charge on any atom is 0.247 e. The Morgan fingerprint density at radius 3 is 2.90 bits per heavy atom. The molecule has 0 radical (unpaired) electrons. The molecule has 108 valence electrons. The van der Waals surface area contributed by atoms with Gasteiger partial charge in [-0.1, -0.05) is 12.1 Å². The summed E-state index contributed by atoms with van der Waals surface area (Å²) in [6.45, 7) is 0.830. The van der Waals surface area contributed by atoms with E-state index in [9.17, 15) is 4.79 Å². The van der Waals surface area contributed by atoms with Crippen molar-refractivity contribution in [3.63, 3.8) is 0 Å². The molecule has 4 nitrogen and oxygen atoms in total. The smallest absolute Gasteiger partial charge is 0.247 e. The summed E-state index contributed by atoms with van der Waals surface area (Å²) in [6, 6.07) is 5.81. The Balaban J connectivity index is 1.89. The topological polar surface area (TPSA) is 55.6 Å². The van der Waals surface area contributed by atoms with Gasteiger partial charge in [0.2, 0.25) is 5.91 Å². The lowest BCUT2D eigenvalue weighted by molar-refractivity contribution is -0.136. The van der Waals surface area contributed by atoms with Gasteiger partial charge in [-0.05, 0) is 48.8 Å². The Labute approximate surface area is 119 Å². The molecular weight excluding hydrogens is 252 g/mol. The van der Waals surface area contributed by atoms with Crippen molar-refractivity contribution in [2.45, 2.75) is 31.2 Å². The Hall–Kier alpha value is -1.55. The second-order valence-electron chi connectivity index (χ2n) is 6.09. The average Bonchev–Trinajstić information content (AvgIpc) is 3.20. The minimum absolute atomic E-state index is 0.0383. The highest BCUT2D eigenvalue weighted by Gasteiger charge is 2.44. The van der Waals surface area contributed by atoms with E-state index in [0.29, 0.717) is 12.3 Å². The molecule has 20 heavy (non-hydrogen) atoms. The number of nitrogens with zero attached hydrogens (tertiary/aromatic N) is 1. The summed E-state index contributed by atoms with van der Waals surface area (Å²) < 4.78 is 5.38. The normalized spacial score (nSPS) is 24.4. The molecule has 0 aromatic heterocycles. The van der Waals surface area contributed by atoms with Crippen LogP contribution in [0, 0.1) is 5.92 Å². The molecule has 0 saturated heterocycles. The Morgan fingerprint density at radius 1 is 1.50 bits per heavy atom. The number of amides is 1. The van der Waals surface area contributed by atoms with E-state index in [4.69, 9.17) is 10.5 Å². The zero-order valence-corrected chi connectivity index (χ0v) is 12.2. The number of rotatable bonds is 4. The highest BCUT2D eigenvalue weighted by Crippen LogP contribution is 2.41. The molecule has 4 heteroatoms. The molecule has 2 aliphatic rings. The third kappa shape index (κ3) is 2.08. The quantitative estimate of drug-likeness (QED) is 0.908. The maximum atomic E-state index is 12.8. The third-order valence-corrected chi connectivity index (χ3v) is 4.56. The van der Waals surface area contributed by atoms with E-state index in [-0.39, 0.29) is 5.91 Å². The van der Waals surface area contributed by atoms with Gasteiger partial charge in [-0.2, -0.15) is 0 Å². The standard InChI is InChI=1S/C16H22N2O2/c1-18(10-11-6-7-11)15(19)16(17)9-8-12-13(16)4-3-5-14(12)20-2/h3-5,11H,6-10,17H2,1-2H3. The van der Waals surface area contributed by atoms with Gasteiger partial charge in [-0.3, -0.25) is 4.79 Å². The molecule has 3 rings (SSSR count). The van der Waals surface area contributed by atoms with Crippen LogP contribution in [0.3, 0.4) is 0 Å². The second-order valence-corrected chi connectivity index (χ2v) is 6.09. The number of ether oxygens (including phenoxy) is 1. The first-order valence-electron chi connectivity index (χ1n) is 7.27. The third-order valence-electron chi connectivity index (χ3n) is 4.56. The Bertz CT molecular complexity index is 539. The molecule has 1 saturated carbocycles. The molecule has 0 heterocycles. The first-order valence-corrected chi connectivity index (χ1v) is 7.27. The fraction of sp³-hybridized carbons (Fsp3) is 0.562. The minimum Gasteiger partial charge on any atom is -0.496 e. The van der Waals surface area contributed by atoms with Crippen LogP contribution in [0.2, 0.25) is 0 Å². The monoisotopic (exact) mass is 274 g/mol. The SMILES string of the molecule is COc1cccc2c1CCC2(N)C(=O)N(C)CC1CC1. The fourth-order valence-corrected chi connectivity index (χ4v) is 3.22. The summed E-state index contributed by atoms with van der Waals surface area (Å²) in [5, 5.41) is 0. The van der Waals surface area contributed by atoms with Gasteiger partial charge in [0, 0.05) is 13.6 Å². The predicted molar refractivity (Wildman–Crippen MR) is 77.5 cm³/mol. The van der Waals surface area contributed by atoms with Crippen LogP contribution in [0.25, 0.3) is 0 Å². The Morgan fingerprint density at radius 2 is 2.25 bits per heavy atom. The Kier molecular flexibility index (Phi) is 3.21. The van der Waals surface area contributed by atoms with Gasteiger partial charge in [-0.15, -0.1) is 0 Å². The van der Waals surface area contributed by atoms with E-state index in [2.05, 4.69) is 0 Å². The van der Waals surface area contributed by atoms with Crippen molar-refractivity contribution in [3.8, 4) is 5.75 Å². The highest BCUT2D eigenvalue weighted by molar-refractivity contribution is 5.89. The van der Waals surface area contributed by atoms with Gasteiger partial charge < -0.3 is 15.4 Å². The first kappa shape index (κ1) is 13.4. The molecule has 2 N–H and O–H groups in total. The van der Waals surface area contributed by atoms with Gasteiger partial charge in [-0.25, -0.2) is 0 Å². The molecule has 1 unspecified atom stereocenters. The maximum absolute atomic E-state index is 12.8. The molecule has 1 aromatic rings. The number of fused-ring (bicyclic) bond motifs is 1. The highest BCUT2D eigenvalue weighted by atomic mass is 16.5. The molecule has 0 spiro atoms. The number of carbonyl (C=O) groups excluding carboxylic acids is 1. The second kappa shape index (κ2) is 4.77. The molecule has 1 aromatic carbocycles. The van der Waals surface area contributed by atoms with Gasteiger partial charge >= 0.3 is 0 Å². The van der Waals surface area contributed by atoms with Crippen molar-refractivity contribution in [2.24, 2.45) is 11.7 Å². The lowest BCUT2D eigenvalue weighted by Gasteiger charge is -2.30. The summed E-state index contributed by atoms with van der Waals surface area (Å²) in [4.78, 5) is 14.6. The van der Waals surface area contributed by atoms with Crippen LogP contribution >= 0.6 is 0 Å². The number of hydrogen-bond acceptors (Lipinski definition) is 3. The van der Waals surface area contributed by atoms with Crippen molar-refractivity contribution in [1.82, 2.24) is 4.90 Å². The van der Waals surface area contributed by atoms with E-state index in [1.807, 2.05) is 30.1 Å². The summed E-state index contributed by atoms with van der Waals surface area (Å²) in [5.41, 5.74) is 7.63. The molecule has 0 bridgehead atoms. The van der Waals surface area contributed by atoms with E-state index in [1.165, 1.54) is 12.8 Å². The van der Waals surface area contributed by atoms with Gasteiger partial charge in [0.25, 0.3) is 0 Å². The number of carbonyl (C=O) groups is 1. The minimum atomic E-state index is -0.881. The molecule has 1 atom stereocenters. The van der Waals surface area contributed by atoms with Crippen LogP contribution in [0.4, 0.5) is 0 Å². The van der Waals surface area contributed by atoms with Crippen molar-refractivity contribution in [1.29, 1.82) is 0 Å². The summed E-state index contributed by atoms with van der Waals surface area (Å²) in [7, 11) is 3.53. The van der Waals surface area contributed by atoms with E-state index >= 15 is 0 Å². The van der Waals surface area contributed by atoms with Crippen LogP contribution in [-0.4, -0.2) is 31.5 Å². The summed E-state index contributed by atoms with van der Waals surface area (Å²) >= 11 is 0. The van der Waals surface area contributed by atoms with Crippen LogP contribution in [0.15, 0.2) is 18.2 Å². The van der Waals surface area contributed by atoms with Crippen LogP contribution in [-0.2, 0) is 16.8 Å². The zero-order valence-electron chi connectivity index (χ0n) is 12.2. The molecule has 2 aliphatic carbocycles. The summed E-state index contributed by atoms with van der Waals surface area (Å²) in [5.74, 6) is 1.56. The largest absolute Gasteiger partial charge is 0.496 e. The van der Waals surface area contributed by atoms with Crippen molar-refractivity contribution in [3.05, 3.63) is 29.3 Å². The van der Waals surface area contributed by atoms with Crippen LogP contribution in [0.1, 0.15) is 30.4 Å². The average molecular weight is 274 g/mol. The van der Waals surface area contributed by atoms with Gasteiger partial charge in [0.15, 0.2) is 0 Å². The van der Waals surface area contributed by atoms with Gasteiger partial charge in [0.1, 0.15) is 11.3 Å². The van der Waals surface area contributed by atoms with E-state index in [1.54, 1.807) is 7.11 Å². The van der Waals surface area contributed by atoms with Crippen molar-refractivity contribution < 1.29 is 9.53 Å². The van der Waals surface area contributed by atoms with Crippen molar-refractivity contribution in [2.75, 3.05) is 20.7 Å². The first-order chi connectivity index (χ1) is 9.56. The molecule has 1 amide bonds. The van der Waals surface area contributed by atoms with E-state index < -0.39 is 5.54 Å². The molecule has 0 aliphatic heterocycles. The van der Waals surface area contributed by atoms with Crippen LogP contribution in [0.5, 0.6) is 5.75 Å². The number of nitrogens with two attached hydrogens (primary N) is 1. The number of methoxy groups -OCH3 is 1.